The summed E-state index contributed by atoms with van der Waals surface area (Å²) in [7, 11) is 2.15. The van der Waals surface area contributed by atoms with Crippen LogP contribution in [0.2, 0.25) is 0 Å². The van der Waals surface area contributed by atoms with E-state index in [1.165, 1.54) is 5.69 Å². The van der Waals surface area contributed by atoms with Gasteiger partial charge in [0.15, 0.2) is 0 Å². The third kappa shape index (κ3) is 5.34. The minimum atomic E-state index is -0.547. The summed E-state index contributed by atoms with van der Waals surface area (Å²) in [5.41, 5.74) is 3.07. The van der Waals surface area contributed by atoms with Crippen molar-refractivity contribution >= 4 is 17.4 Å². The summed E-state index contributed by atoms with van der Waals surface area (Å²) in [6.45, 7) is 12.1. The van der Waals surface area contributed by atoms with Gasteiger partial charge in [0, 0.05) is 50.1 Å². The van der Waals surface area contributed by atoms with Crippen LogP contribution in [-0.2, 0) is 0 Å². The van der Waals surface area contributed by atoms with E-state index in [0.717, 1.165) is 37.4 Å². The predicted octanol–water partition coefficient (Wildman–Crippen LogP) is 2.37. The number of nitrogens with zero attached hydrogens (tertiary/aromatic N) is 3. The third-order valence-corrected chi connectivity index (χ3v) is 4.67. The Hall–Kier alpha value is -1.79. The first-order chi connectivity index (χ1) is 11.8. The minimum Gasteiger partial charge on any atom is -0.392 e. The zero-order valence-corrected chi connectivity index (χ0v) is 16.1. The molecule has 1 aliphatic heterocycles. The molecule has 1 heterocycles. The third-order valence-electron chi connectivity index (χ3n) is 4.67. The van der Waals surface area contributed by atoms with Crippen molar-refractivity contribution in [3.63, 3.8) is 0 Å². The van der Waals surface area contributed by atoms with E-state index in [-0.39, 0.29) is 12.1 Å². The number of carbonyl (C=O) groups is 1. The SMILES string of the molecule is Cc1cc(N2CCN(C)CC2)ccc1NC(=O)N(CC(C)O)C(C)C. The molecule has 0 saturated carbocycles. The Morgan fingerprint density at radius 1 is 1.24 bits per heavy atom. The number of hydrogen-bond acceptors (Lipinski definition) is 4. The minimum absolute atomic E-state index is 0.0273. The van der Waals surface area contributed by atoms with Crippen LogP contribution in [0.3, 0.4) is 0 Å². The highest BCUT2D eigenvalue weighted by molar-refractivity contribution is 5.90. The first kappa shape index (κ1) is 19.5. The van der Waals surface area contributed by atoms with E-state index in [1.54, 1.807) is 11.8 Å². The number of urea groups is 1. The molecule has 1 aromatic carbocycles. The molecule has 0 radical (unpaired) electrons. The molecule has 6 heteroatoms. The lowest BCUT2D eigenvalue weighted by Crippen LogP contribution is -2.44. The van der Waals surface area contributed by atoms with E-state index in [2.05, 4.69) is 34.3 Å². The van der Waals surface area contributed by atoms with Crippen molar-refractivity contribution in [1.29, 1.82) is 0 Å². The second-order valence-corrected chi connectivity index (χ2v) is 7.31. The topological polar surface area (TPSA) is 59.0 Å². The molecule has 6 nitrogen and oxygen atoms in total. The highest BCUT2D eigenvalue weighted by Crippen LogP contribution is 2.24. The molecule has 1 aliphatic rings. The molecule has 0 aliphatic carbocycles. The number of likely N-dealkylation sites (N-methyl/N-ethyl adjacent to an activating group) is 1. The predicted molar refractivity (Wildman–Crippen MR) is 103 cm³/mol. The second kappa shape index (κ2) is 8.54. The molecule has 25 heavy (non-hydrogen) atoms. The summed E-state index contributed by atoms with van der Waals surface area (Å²) in [5.74, 6) is 0. The average molecular weight is 348 g/mol. The fourth-order valence-electron chi connectivity index (χ4n) is 3.05. The van der Waals surface area contributed by atoms with Crippen LogP contribution in [0.4, 0.5) is 16.2 Å². The number of hydrogen-bond donors (Lipinski definition) is 2. The monoisotopic (exact) mass is 348 g/mol. The fourth-order valence-corrected chi connectivity index (χ4v) is 3.05. The molecule has 1 atom stereocenters. The standard InChI is InChI=1S/C19H32N4O2/c1-14(2)23(13-16(4)24)19(25)20-18-7-6-17(12-15(18)3)22-10-8-21(5)9-11-22/h6-7,12,14,16,24H,8-11,13H2,1-5H3,(H,20,25). The molecule has 1 unspecified atom stereocenters. The molecule has 0 aromatic heterocycles. The first-order valence-electron chi connectivity index (χ1n) is 9.07. The normalized spacial score (nSPS) is 16.8. The molecule has 2 rings (SSSR count). The average Bonchev–Trinajstić information content (AvgIpc) is 2.54. The van der Waals surface area contributed by atoms with E-state index in [4.69, 9.17) is 0 Å². The lowest BCUT2D eigenvalue weighted by molar-refractivity contribution is 0.125. The number of aliphatic hydroxyl groups is 1. The lowest BCUT2D eigenvalue weighted by atomic mass is 10.1. The van der Waals surface area contributed by atoms with Gasteiger partial charge in [-0.25, -0.2) is 4.79 Å². The summed E-state index contributed by atoms with van der Waals surface area (Å²) >= 11 is 0. The molecule has 2 amide bonds. The Morgan fingerprint density at radius 2 is 1.88 bits per heavy atom. The number of carbonyl (C=O) groups excluding carboxylic acids is 1. The molecular formula is C19H32N4O2. The Balaban J connectivity index is 2.06. The summed E-state index contributed by atoms with van der Waals surface area (Å²) in [6.07, 6.45) is -0.547. The van der Waals surface area contributed by atoms with Crippen molar-refractivity contribution in [3.05, 3.63) is 23.8 Å². The van der Waals surface area contributed by atoms with Crippen LogP contribution in [0.5, 0.6) is 0 Å². The van der Waals surface area contributed by atoms with Crippen LogP contribution in [0.15, 0.2) is 18.2 Å². The van der Waals surface area contributed by atoms with Gasteiger partial charge in [0.1, 0.15) is 0 Å². The van der Waals surface area contributed by atoms with Gasteiger partial charge in [-0.3, -0.25) is 0 Å². The van der Waals surface area contributed by atoms with E-state index < -0.39 is 6.10 Å². The van der Waals surface area contributed by atoms with Crippen molar-refractivity contribution in [3.8, 4) is 0 Å². The maximum Gasteiger partial charge on any atom is 0.322 e. The lowest BCUT2D eigenvalue weighted by Gasteiger charge is -2.34. The largest absolute Gasteiger partial charge is 0.392 e. The number of anilines is 2. The number of piperazine rings is 1. The van der Waals surface area contributed by atoms with Gasteiger partial charge in [-0.05, 0) is 58.5 Å². The van der Waals surface area contributed by atoms with Crippen molar-refractivity contribution < 1.29 is 9.90 Å². The highest BCUT2D eigenvalue weighted by atomic mass is 16.3. The number of nitrogens with one attached hydrogen (secondary N) is 1. The number of rotatable bonds is 5. The van der Waals surface area contributed by atoms with E-state index in [9.17, 15) is 9.90 Å². The van der Waals surface area contributed by atoms with Crippen molar-refractivity contribution in [2.45, 2.75) is 39.8 Å². The van der Waals surface area contributed by atoms with E-state index >= 15 is 0 Å². The van der Waals surface area contributed by atoms with Gasteiger partial charge in [0.25, 0.3) is 0 Å². The molecule has 1 aromatic rings. The molecule has 0 spiro atoms. The van der Waals surface area contributed by atoms with E-state index in [1.807, 2.05) is 26.8 Å². The Kier molecular flexibility index (Phi) is 6.67. The summed E-state index contributed by atoms with van der Waals surface area (Å²) in [5, 5.41) is 12.6. The second-order valence-electron chi connectivity index (χ2n) is 7.31. The number of benzene rings is 1. The zero-order valence-electron chi connectivity index (χ0n) is 16.1. The maximum absolute atomic E-state index is 12.6. The molecular weight excluding hydrogens is 316 g/mol. The van der Waals surface area contributed by atoms with Crippen molar-refractivity contribution in [1.82, 2.24) is 9.80 Å². The molecule has 2 N–H and O–H groups in total. The van der Waals surface area contributed by atoms with Crippen LogP contribution >= 0.6 is 0 Å². The molecule has 0 bridgehead atoms. The van der Waals surface area contributed by atoms with Gasteiger partial charge in [-0.1, -0.05) is 0 Å². The van der Waals surface area contributed by atoms with Crippen LogP contribution in [-0.4, -0.2) is 72.9 Å². The van der Waals surface area contributed by atoms with Crippen LogP contribution in [0.25, 0.3) is 0 Å². The summed E-state index contributed by atoms with van der Waals surface area (Å²) in [6, 6.07) is 6.03. The van der Waals surface area contributed by atoms with Gasteiger partial charge < -0.3 is 25.1 Å². The molecule has 1 saturated heterocycles. The van der Waals surface area contributed by atoms with Gasteiger partial charge in [-0.15, -0.1) is 0 Å². The van der Waals surface area contributed by atoms with Gasteiger partial charge in [0.2, 0.25) is 0 Å². The molecule has 1 fully saturated rings. The first-order valence-corrected chi connectivity index (χ1v) is 9.07. The van der Waals surface area contributed by atoms with Gasteiger partial charge in [0.05, 0.1) is 6.10 Å². The number of aliphatic hydroxyl groups excluding tert-OH is 1. The Morgan fingerprint density at radius 3 is 2.40 bits per heavy atom. The van der Waals surface area contributed by atoms with Gasteiger partial charge >= 0.3 is 6.03 Å². The zero-order chi connectivity index (χ0) is 18.6. The molecule has 140 valence electrons. The van der Waals surface area contributed by atoms with Gasteiger partial charge in [-0.2, -0.15) is 0 Å². The summed E-state index contributed by atoms with van der Waals surface area (Å²) in [4.78, 5) is 18.9. The Labute approximate surface area is 151 Å². The highest BCUT2D eigenvalue weighted by Gasteiger charge is 2.20. The fraction of sp³-hybridized carbons (Fsp3) is 0.632. The van der Waals surface area contributed by atoms with Crippen LogP contribution in [0.1, 0.15) is 26.3 Å². The van der Waals surface area contributed by atoms with Crippen molar-refractivity contribution in [2.75, 3.05) is 50.0 Å². The number of aryl methyl sites for hydroxylation is 1. The Bertz CT molecular complexity index is 581. The van der Waals surface area contributed by atoms with Crippen LogP contribution in [0, 0.1) is 6.92 Å². The quantitative estimate of drug-likeness (QED) is 0.858. The number of amides is 2. The van der Waals surface area contributed by atoms with Crippen molar-refractivity contribution in [2.24, 2.45) is 0 Å². The summed E-state index contributed by atoms with van der Waals surface area (Å²) < 4.78 is 0. The van der Waals surface area contributed by atoms with Crippen LogP contribution < -0.4 is 10.2 Å². The van der Waals surface area contributed by atoms with E-state index in [0.29, 0.717) is 6.54 Å². The smallest absolute Gasteiger partial charge is 0.322 e. The maximum atomic E-state index is 12.6.